The molecule has 3 aromatic carbocycles. The second-order valence-corrected chi connectivity index (χ2v) is 8.82. The van der Waals surface area contributed by atoms with E-state index in [4.69, 9.17) is 9.47 Å². The molecular weight excluding hydrogens is 463 g/mol. The van der Waals surface area contributed by atoms with E-state index in [1.54, 1.807) is 13.0 Å². The van der Waals surface area contributed by atoms with Gasteiger partial charge in [-0.15, -0.1) is 0 Å². The van der Waals surface area contributed by atoms with E-state index in [9.17, 15) is 22.4 Å². The molecule has 0 fully saturated rings. The van der Waals surface area contributed by atoms with Crippen molar-refractivity contribution in [2.24, 2.45) is 0 Å². The number of amides is 1. The maximum atomic E-state index is 13.4. The second-order valence-electron chi connectivity index (χ2n) is 7.14. The van der Waals surface area contributed by atoms with Crippen LogP contribution in [0, 0.1) is 12.7 Å². The molecule has 0 saturated heterocycles. The van der Waals surface area contributed by atoms with Crippen molar-refractivity contribution in [3.8, 4) is 5.75 Å². The van der Waals surface area contributed by atoms with E-state index in [0.29, 0.717) is 17.9 Å². The van der Waals surface area contributed by atoms with Gasteiger partial charge in [0.15, 0.2) is 6.61 Å². The van der Waals surface area contributed by atoms with Crippen molar-refractivity contribution in [1.82, 2.24) is 0 Å². The number of benzene rings is 3. The number of nitrogens with one attached hydrogen (secondary N) is 2. The third-order valence-electron chi connectivity index (χ3n) is 4.64. The lowest BCUT2D eigenvalue weighted by molar-refractivity contribution is -0.119. The fourth-order valence-electron chi connectivity index (χ4n) is 2.96. The summed E-state index contributed by atoms with van der Waals surface area (Å²) in [4.78, 5) is 24.7. The highest BCUT2D eigenvalue weighted by Crippen LogP contribution is 2.23. The van der Waals surface area contributed by atoms with Gasteiger partial charge in [0.1, 0.15) is 11.6 Å². The number of anilines is 2. The molecule has 0 heterocycles. The molecule has 0 unspecified atom stereocenters. The Kier molecular flexibility index (Phi) is 7.85. The van der Waals surface area contributed by atoms with Gasteiger partial charge in [-0.05, 0) is 67.9 Å². The van der Waals surface area contributed by atoms with Crippen molar-refractivity contribution in [3.63, 3.8) is 0 Å². The van der Waals surface area contributed by atoms with Gasteiger partial charge in [0.25, 0.3) is 15.9 Å². The summed E-state index contributed by atoms with van der Waals surface area (Å²) < 4.78 is 51.7. The summed E-state index contributed by atoms with van der Waals surface area (Å²) in [6.07, 6.45) is 0. The first kappa shape index (κ1) is 24.7. The monoisotopic (exact) mass is 486 g/mol. The van der Waals surface area contributed by atoms with Gasteiger partial charge < -0.3 is 14.8 Å². The number of aryl methyl sites for hydroxylation is 1. The van der Waals surface area contributed by atoms with Crippen molar-refractivity contribution in [2.75, 3.05) is 23.3 Å². The fourth-order valence-corrected chi connectivity index (χ4v) is 4.04. The van der Waals surface area contributed by atoms with E-state index in [-0.39, 0.29) is 21.8 Å². The second kappa shape index (κ2) is 10.8. The number of hydrogen-bond acceptors (Lipinski definition) is 6. The lowest BCUT2D eigenvalue weighted by atomic mass is 10.2. The van der Waals surface area contributed by atoms with Gasteiger partial charge in [0, 0.05) is 5.69 Å². The van der Waals surface area contributed by atoms with E-state index < -0.39 is 34.3 Å². The number of esters is 1. The number of carbonyl (C=O) groups excluding carboxylic acids is 2. The van der Waals surface area contributed by atoms with Crippen LogP contribution in [-0.4, -0.2) is 33.5 Å². The molecule has 8 nitrogen and oxygen atoms in total. The molecule has 3 rings (SSSR count). The average molecular weight is 487 g/mol. The zero-order valence-electron chi connectivity index (χ0n) is 18.5. The molecule has 0 atom stereocenters. The summed E-state index contributed by atoms with van der Waals surface area (Å²) in [5.74, 6) is -1.57. The number of para-hydroxylation sites is 1. The summed E-state index contributed by atoms with van der Waals surface area (Å²) in [7, 11) is -4.01. The first-order valence-electron chi connectivity index (χ1n) is 10.3. The molecule has 0 aliphatic heterocycles. The van der Waals surface area contributed by atoms with Crippen LogP contribution in [0.5, 0.6) is 5.75 Å². The molecule has 0 aliphatic rings. The van der Waals surface area contributed by atoms with Crippen molar-refractivity contribution in [2.45, 2.75) is 18.7 Å². The molecule has 34 heavy (non-hydrogen) atoms. The Bertz CT molecular complexity index is 1290. The maximum Gasteiger partial charge on any atom is 0.340 e. The molecule has 0 aromatic heterocycles. The lowest BCUT2D eigenvalue weighted by Crippen LogP contribution is -2.22. The van der Waals surface area contributed by atoms with Crippen LogP contribution in [0.15, 0.2) is 71.6 Å². The largest absolute Gasteiger partial charge is 0.494 e. The predicted octanol–water partition coefficient (Wildman–Crippen LogP) is 4.13. The van der Waals surface area contributed by atoms with Crippen LogP contribution in [-0.2, 0) is 19.6 Å². The van der Waals surface area contributed by atoms with E-state index in [0.717, 1.165) is 6.07 Å². The molecule has 2 N–H and O–H groups in total. The number of sulfonamides is 1. The zero-order valence-corrected chi connectivity index (χ0v) is 19.3. The van der Waals surface area contributed by atoms with Gasteiger partial charge in [-0.25, -0.2) is 17.6 Å². The highest BCUT2D eigenvalue weighted by atomic mass is 32.2. The standard InChI is InChI=1S/C24H23FN2O6S/c1-3-32-18-10-12-19(13-11-18)34(30,31)27-21-7-5-4-6-20(21)24(29)33-15-23(28)26-22-14-17(25)9-8-16(22)2/h4-14,27H,3,15H2,1-2H3,(H,26,28). The highest BCUT2D eigenvalue weighted by Gasteiger charge is 2.20. The molecule has 1 amide bonds. The summed E-state index contributed by atoms with van der Waals surface area (Å²) in [5.41, 5.74) is 0.800. The third kappa shape index (κ3) is 6.32. The Morgan fingerprint density at radius 3 is 2.38 bits per heavy atom. The molecule has 0 spiro atoms. The number of ether oxygens (including phenoxy) is 2. The average Bonchev–Trinajstić information content (AvgIpc) is 2.80. The van der Waals surface area contributed by atoms with Crippen molar-refractivity contribution < 1.29 is 31.9 Å². The Balaban J connectivity index is 1.68. The number of halogens is 1. The lowest BCUT2D eigenvalue weighted by Gasteiger charge is -2.13. The number of carbonyl (C=O) groups is 2. The Morgan fingerprint density at radius 2 is 1.68 bits per heavy atom. The minimum Gasteiger partial charge on any atom is -0.494 e. The van der Waals surface area contributed by atoms with Gasteiger partial charge >= 0.3 is 5.97 Å². The van der Waals surface area contributed by atoms with E-state index in [2.05, 4.69) is 10.0 Å². The molecule has 0 radical (unpaired) electrons. The van der Waals surface area contributed by atoms with E-state index in [1.807, 2.05) is 6.92 Å². The Labute approximate surface area is 196 Å². The van der Waals surface area contributed by atoms with Gasteiger partial charge in [-0.3, -0.25) is 9.52 Å². The van der Waals surface area contributed by atoms with Crippen LogP contribution < -0.4 is 14.8 Å². The molecule has 178 valence electrons. The molecule has 0 aliphatic carbocycles. The van der Waals surface area contributed by atoms with Gasteiger partial charge in [-0.2, -0.15) is 0 Å². The topological polar surface area (TPSA) is 111 Å². The van der Waals surface area contributed by atoms with Crippen LogP contribution in [0.3, 0.4) is 0 Å². The molecule has 0 bridgehead atoms. The van der Waals surface area contributed by atoms with Crippen LogP contribution in [0.2, 0.25) is 0 Å². The smallest absolute Gasteiger partial charge is 0.340 e. The Morgan fingerprint density at radius 1 is 0.971 bits per heavy atom. The first-order valence-corrected chi connectivity index (χ1v) is 11.8. The molecule has 3 aromatic rings. The molecule has 10 heteroatoms. The van der Waals surface area contributed by atoms with Crippen LogP contribution in [0.25, 0.3) is 0 Å². The molecular formula is C24H23FN2O6S. The van der Waals surface area contributed by atoms with Crippen LogP contribution in [0.4, 0.5) is 15.8 Å². The predicted molar refractivity (Wildman–Crippen MR) is 125 cm³/mol. The molecule has 0 saturated carbocycles. The minimum atomic E-state index is -4.01. The van der Waals surface area contributed by atoms with Crippen LogP contribution in [0.1, 0.15) is 22.8 Å². The minimum absolute atomic E-state index is 0.0113. The summed E-state index contributed by atoms with van der Waals surface area (Å²) in [6, 6.07) is 15.6. The quantitative estimate of drug-likeness (QED) is 0.440. The fraction of sp³-hybridized carbons (Fsp3) is 0.167. The SMILES string of the molecule is CCOc1ccc(S(=O)(=O)Nc2ccccc2C(=O)OCC(=O)Nc2cc(F)ccc2C)cc1. The highest BCUT2D eigenvalue weighted by molar-refractivity contribution is 7.92. The zero-order chi connectivity index (χ0) is 24.7. The van der Waals surface area contributed by atoms with Crippen molar-refractivity contribution >= 4 is 33.3 Å². The normalized spacial score (nSPS) is 10.9. The summed E-state index contributed by atoms with van der Waals surface area (Å²) in [6.45, 7) is 3.30. The van der Waals surface area contributed by atoms with Gasteiger partial charge in [0.2, 0.25) is 0 Å². The van der Waals surface area contributed by atoms with Gasteiger partial charge in [-0.1, -0.05) is 18.2 Å². The number of hydrogen-bond donors (Lipinski definition) is 2. The van der Waals surface area contributed by atoms with E-state index >= 15 is 0 Å². The number of rotatable bonds is 9. The summed E-state index contributed by atoms with van der Waals surface area (Å²) >= 11 is 0. The van der Waals surface area contributed by atoms with Crippen LogP contribution >= 0.6 is 0 Å². The van der Waals surface area contributed by atoms with E-state index in [1.165, 1.54) is 54.6 Å². The van der Waals surface area contributed by atoms with Crippen molar-refractivity contribution in [3.05, 3.63) is 83.7 Å². The van der Waals surface area contributed by atoms with Crippen molar-refractivity contribution in [1.29, 1.82) is 0 Å². The maximum absolute atomic E-state index is 13.4. The first-order chi connectivity index (χ1) is 16.2. The Hall–Kier alpha value is -3.92. The van der Waals surface area contributed by atoms with Gasteiger partial charge in [0.05, 0.1) is 22.8 Å². The third-order valence-corrected chi connectivity index (χ3v) is 6.03. The summed E-state index contributed by atoms with van der Waals surface area (Å²) in [5, 5.41) is 2.47.